The van der Waals surface area contributed by atoms with E-state index in [4.69, 9.17) is 15.7 Å². The van der Waals surface area contributed by atoms with Crippen LogP contribution in [0.15, 0.2) is 60.7 Å². The zero-order chi connectivity index (χ0) is 19.2. The molecule has 0 spiro atoms. The SMILES string of the molecule is N#Cc1ccc(Oc2ccc(CNC(=O)c3ccc(F)nc3N)cc2)cc1. The molecule has 134 valence electrons. The fourth-order valence-electron chi connectivity index (χ4n) is 2.33. The van der Waals surface area contributed by atoms with Crippen molar-refractivity contribution in [3.63, 3.8) is 0 Å². The molecular formula is C20H15FN4O2. The van der Waals surface area contributed by atoms with Crippen LogP contribution >= 0.6 is 0 Å². The number of nitrogens with two attached hydrogens (primary N) is 1. The maximum atomic E-state index is 12.9. The van der Waals surface area contributed by atoms with Gasteiger partial charge in [0.1, 0.15) is 17.3 Å². The summed E-state index contributed by atoms with van der Waals surface area (Å²) in [7, 11) is 0. The molecule has 1 heterocycles. The highest BCUT2D eigenvalue weighted by atomic mass is 19.1. The van der Waals surface area contributed by atoms with Crippen LogP contribution in [0.3, 0.4) is 0 Å². The first-order valence-corrected chi connectivity index (χ1v) is 8.02. The van der Waals surface area contributed by atoms with Crippen molar-refractivity contribution in [2.45, 2.75) is 6.54 Å². The maximum Gasteiger partial charge on any atom is 0.255 e. The highest BCUT2D eigenvalue weighted by Crippen LogP contribution is 2.22. The Morgan fingerprint density at radius 2 is 1.70 bits per heavy atom. The van der Waals surface area contributed by atoms with Gasteiger partial charge in [0.05, 0.1) is 17.2 Å². The van der Waals surface area contributed by atoms with Gasteiger partial charge in [-0.1, -0.05) is 12.1 Å². The van der Waals surface area contributed by atoms with E-state index in [1.807, 2.05) is 18.2 Å². The molecule has 3 N–H and O–H groups in total. The maximum absolute atomic E-state index is 12.9. The van der Waals surface area contributed by atoms with Crippen LogP contribution in [-0.2, 0) is 6.54 Å². The number of amides is 1. The minimum absolute atomic E-state index is 0.122. The number of carbonyl (C=O) groups excluding carboxylic acids is 1. The topological polar surface area (TPSA) is 101 Å². The summed E-state index contributed by atoms with van der Waals surface area (Å²) in [6.07, 6.45) is 0. The molecule has 0 unspecified atom stereocenters. The summed E-state index contributed by atoms with van der Waals surface area (Å²) in [5.41, 5.74) is 7.09. The lowest BCUT2D eigenvalue weighted by Crippen LogP contribution is -2.24. The van der Waals surface area contributed by atoms with E-state index in [9.17, 15) is 9.18 Å². The molecule has 6 nitrogen and oxygen atoms in total. The van der Waals surface area contributed by atoms with Crippen LogP contribution in [0, 0.1) is 17.3 Å². The molecule has 2 aromatic carbocycles. The summed E-state index contributed by atoms with van der Waals surface area (Å²) in [6, 6.07) is 18.4. The number of pyridine rings is 1. The molecule has 0 aliphatic carbocycles. The van der Waals surface area contributed by atoms with Crippen LogP contribution in [0.25, 0.3) is 0 Å². The number of halogens is 1. The Morgan fingerprint density at radius 1 is 1.07 bits per heavy atom. The second-order valence-electron chi connectivity index (χ2n) is 5.63. The van der Waals surface area contributed by atoms with Gasteiger partial charge >= 0.3 is 0 Å². The molecule has 0 aliphatic heterocycles. The number of nitriles is 1. The molecule has 0 saturated heterocycles. The molecule has 0 fully saturated rings. The smallest absolute Gasteiger partial charge is 0.255 e. The predicted octanol–water partition coefficient (Wildman–Crippen LogP) is 3.40. The molecule has 3 rings (SSSR count). The summed E-state index contributed by atoms with van der Waals surface area (Å²) < 4.78 is 18.6. The fraction of sp³-hybridized carbons (Fsp3) is 0.0500. The van der Waals surface area contributed by atoms with Crippen LogP contribution in [0.2, 0.25) is 0 Å². The Morgan fingerprint density at radius 3 is 2.30 bits per heavy atom. The number of benzene rings is 2. The van der Waals surface area contributed by atoms with Crippen LogP contribution in [0.4, 0.5) is 10.2 Å². The van der Waals surface area contributed by atoms with Gasteiger partial charge in [0.25, 0.3) is 5.91 Å². The lowest BCUT2D eigenvalue weighted by Gasteiger charge is -2.09. The minimum atomic E-state index is -0.734. The van der Waals surface area contributed by atoms with Crippen molar-refractivity contribution in [3.05, 3.63) is 83.3 Å². The number of hydrogen-bond acceptors (Lipinski definition) is 5. The van der Waals surface area contributed by atoms with E-state index in [0.29, 0.717) is 17.1 Å². The second kappa shape index (κ2) is 7.97. The van der Waals surface area contributed by atoms with Gasteiger partial charge in [-0.15, -0.1) is 0 Å². The normalized spacial score (nSPS) is 10.1. The lowest BCUT2D eigenvalue weighted by atomic mass is 10.2. The Kier molecular flexibility index (Phi) is 5.28. The van der Waals surface area contributed by atoms with Crippen LogP contribution in [-0.4, -0.2) is 10.9 Å². The molecule has 1 amide bonds. The molecule has 0 atom stereocenters. The molecule has 7 heteroatoms. The van der Waals surface area contributed by atoms with Crippen molar-refractivity contribution in [1.29, 1.82) is 5.26 Å². The molecule has 3 aromatic rings. The predicted molar refractivity (Wildman–Crippen MR) is 97.5 cm³/mol. The standard InChI is InChI=1S/C20H15FN4O2/c21-18-10-9-17(19(23)25-18)20(26)24-12-14-3-7-16(8-4-14)27-15-5-1-13(11-22)2-6-15/h1-10H,12H2,(H2,23,25)(H,24,26). The number of anilines is 1. The molecule has 0 saturated carbocycles. The van der Waals surface area contributed by atoms with E-state index < -0.39 is 11.9 Å². The number of hydrogen-bond donors (Lipinski definition) is 2. The van der Waals surface area contributed by atoms with Gasteiger partial charge in [-0.2, -0.15) is 9.65 Å². The second-order valence-corrected chi connectivity index (χ2v) is 5.63. The van der Waals surface area contributed by atoms with Gasteiger partial charge in [-0.3, -0.25) is 4.79 Å². The molecular weight excluding hydrogens is 347 g/mol. The zero-order valence-electron chi connectivity index (χ0n) is 14.1. The monoisotopic (exact) mass is 362 g/mol. The van der Waals surface area contributed by atoms with Crippen molar-refractivity contribution < 1.29 is 13.9 Å². The number of nitrogens with zero attached hydrogens (tertiary/aromatic N) is 2. The highest BCUT2D eigenvalue weighted by molar-refractivity contribution is 5.98. The first kappa shape index (κ1) is 17.9. The third kappa shape index (κ3) is 4.58. The Hall–Kier alpha value is -3.92. The van der Waals surface area contributed by atoms with Gasteiger partial charge in [-0.25, -0.2) is 4.98 Å². The van der Waals surface area contributed by atoms with E-state index in [0.717, 1.165) is 11.6 Å². The van der Waals surface area contributed by atoms with Crippen LogP contribution in [0.5, 0.6) is 11.5 Å². The lowest BCUT2D eigenvalue weighted by molar-refractivity contribution is 0.0951. The number of aromatic nitrogens is 1. The Bertz CT molecular complexity index is 996. The van der Waals surface area contributed by atoms with E-state index in [-0.39, 0.29) is 17.9 Å². The molecule has 0 aliphatic rings. The van der Waals surface area contributed by atoms with Crippen molar-refractivity contribution in [1.82, 2.24) is 10.3 Å². The van der Waals surface area contributed by atoms with Gasteiger partial charge in [0, 0.05) is 6.54 Å². The van der Waals surface area contributed by atoms with E-state index in [1.54, 1.807) is 36.4 Å². The van der Waals surface area contributed by atoms with Gasteiger partial charge < -0.3 is 15.8 Å². The van der Waals surface area contributed by atoms with Gasteiger partial charge in [0.15, 0.2) is 0 Å². The first-order chi connectivity index (χ1) is 13.0. The van der Waals surface area contributed by atoms with E-state index in [1.165, 1.54) is 6.07 Å². The third-order valence-electron chi connectivity index (χ3n) is 3.73. The number of carbonyl (C=O) groups is 1. The molecule has 27 heavy (non-hydrogen) atoms. The first-order valence-electron chi connectivity index (χ1n) is 8.02. The number of ether oxygens (including phenoxy) is 1. The van der Waals surface area contributed by atoms with E-state index in [2.05, 4.69) is 10.3 Å². The minimum Gasteiger partial charge on any atom is -0.457 e. The average Bonchev–Trinajstić information content (AvgIpc) is 2.68. The summed E-state index contributed by atoms with van der Waals surface area (Å²) in [6.45, 7) is 0.271. The van der Waals surface area contributed by atoms with Crippen molar-refractivity contribution in [2.75, 3.05) is 5.73 Å². The average molecular weight is 362 g/mol. The number of nitrogen functional groups attached to an aromatic ring is 1. The molecule has 0 bridgehead atoms. The zero-order valence-corrected chi connectivity index (χ0v) is 14.1. The summed E-state index contributed by atoms with van der Waals surface area (Å²) in [5, 5.41) is 11.5. The largest absolute Gasteiger partial charge is 0.457 e. The van der Waals surface area contributed by atoms with Crippen LogP contribution in [0.1, 0.15) is 21.5 Å². The van der Waals surface area contributed by atoms with E-state index >= 15 is 0 Å². The Balaban J connectivity index is 1.58. The van der Waals surface area contributed by atoms with Gasteiger partial charge in [0.2, 0.25) is 5.95 Å². The van der Waals surface area contributed by atoms with Crippen molar-refractivity contribution in [2.24, 2.45) is 0 Å². The number of rotatable bonds is 5. The van der Waals surface area contributed by atoms with Crippen molar-refractivity contribution in [3.8, 4) is 17.6 Å². The van der Waals surface area contributed by atoms with Crippen molar-refractivity contribution >= 4 is 11.7 Å². The third-order valence-corrected chi connectivity index (χ3v) is 3.73. The summed E-state index contributed by atoms with van der Waals surface area (Å²) in [5.74, 6) is -0.0745. The molecule has 1 aromatic heterocycles. The highest BCUT2D eigenvalue weighted by Gasteiger charge is 2.11. The van der Waals surface area contributed by atoms with Gasteiger partial charge in [-0.05, 0) is 54.1 Å². The molecule has 0 radical (unpaired) electrons. The van der Waals surface area contributed by atoms with Crippen LogP contribution < -0.4 is 15.8 Å². The Labute approximate surface area is 155 Å². The quantitative estimate of drug-likeness (QED) is 0.678. The fourth-order valence-corrected chi connectivity index (χ4v) is 2.33. The number of nitrogens with one attached hydrogen (secondary N) is 1. The summed E-state index contributed by atoms with van der Waals surface area (Å²) in [4.78, 5) is 15.5. The summed E-state index contributed by atoms with van der Waals surface area (Å²) >= 11 is 0.